The molecule has 0 aliphatic heterocycles. The van der Waals surface area contributed by atoms with Crippen molar-refractivity contribution < 1.29 is 4.79 Å². The van der Waals surface area contributed by atoms with Crippen LogP contribution in [0.3, 0.4) is 0 Å². The third-order valence-corrected chi connectivity index (χ3v) is 3.54. The SMILES string of the molecule is CC(C)(C)c1cc(C(=O)NC(C#N)C2CC2)cc(Cl)n1. The van der Waals surface area contributed by atoms with Gasteiger partial charge in [0, 0.05) is 16.7 Å². The molecule has 1 N–H and O–H groups in total. The molecule has 20 heavy (non-hydrogen) atoms. The van der Waals surface area contributed by atoms with E-state index in [2.05, 4.69) is 16.4 Å². The summed E-state index contributed by atoms with van der Waals surface area (Å²) >= 11 is 5.99. The third kappa shape index (κ3) is 3.49. The molecule has 1 aliphatic carbocycles. The summed E-state index contributed by atoms with van der Waals surface area (Å²) in [5.41, 5.74) is 1.02. The van der Waals surface area contributed by atoms with Crippen LogP contribution in [0, 0.1) is 17.2 Å². The van der Waals surface area contributed by atoms with Crippen molar-refractivity contribution in [1.29, 1.82) is 5.26 Å². The van der Waals surface area contributed by atoms with E-state index in [-0.39, 0.29) is 11.3 Å². The maximum atomic E-state index is 12.2. The smallest absolute Gasteiger partial charge is 0.252 e. The van der Waals surface area contributed by atoms with E-state index >= 15 is 0 Å². The number of hydrogen-bond acceptors (Lipinski definition) is 3. The molecule has 5 heteroatoms. The highest BCUT2D eigenvalue weighted by atomic mass is 35.5. The van der Waals surface area contributed by atoms with Crippen molar-refractivity contribution in [3.63, 3.8) is 0 Å². The maximum Gasteiger partial charge on any atom is 0.252 e. The largest absolute Gasteiger partial charge is 0.336 e. The molecule has 106 valence electrons. The van der Waals surface area contributed by atoms with Gasteiger partial charge >= 0.3 is 0 Å². The highest BCUT2D eigenvalue weighted by molar-refractivity contribution is 6.29. The van der Waals surface area contributed by atoms with Crippen LogP contribution in [0.1, 0.15) is 49.7 Å². The Bertz CT molecular complexity index is 567. The zero-order valence-electron chi connectivity index (χ0n) is 11.9. The van der Waals surface area contributed by atoms with Crippen LogP contribution in [-0.4, -0.2) is 16.9 Å². The van der Waals surface area contributed by atoms with Crippen molar-refractivity contribution in [2.45, 2.75) is 45.1 Å². The molecule has 0 saturated heterocycles. The van der Waals surface area contributed by atoms with Crippen LogP contribution in [0.4, 0.5) is 0 Å². The number of rotatable bonds is 3. The molecule has 1 heterocycles. The lowest BCUT2D eigenvalue weighted by molar-refractivity contribution is 0.0941. The number of hydrogen-bond donors (Lipinski definition) is 1. The second kappa shape index (κ2) is 5.41. The van der Waals surface area contributed by atoms with E-state index in [4.69, 9.17) is 16.9 Å². The summed E-state index contributed by atoms with van der Waals surface area (Å²) in [6, 6.07) is 5.01. The highest BCUT2D eigenvalue weighted by Crippen LogP contribution is 2.32. The average Bonchev–Trinajstić information content (AvgIpc) is 3.18. The van der Waals surface area contributed by atoms with E-state index in [0.717, 1.165) is 18.5 Å². The quantitative estimate of drug-likeness (QED) is 0.870. The van der Waals surface area contributed by atoms with Crippen molar-refractivity contribution >= 4 is 17.5 Å². The van der Waals surface area contributed by atoms with Crippen LogP contribution in [0.5, 0.6) is 0 Å². The second-order valence-corrected chi connectivity index (χ2v) is 6.62. The van der Waals surface area contributed by atoms with Gasteiger partial charge in [0.2, 0.25) is 0 Å². The lowest BCUT2D eigenvalue weighted by atomic mass is 9.91. The standard InChI is InChI=1S/C15H18ClN3O/c1-15(2,3)12-6-10(7-13(16)19-12)14(20)18-11(8-17)9-4-5-9/h6-7,9,11H,4-5H2,1-3H3,(H,18,20). The summed E-state index contributed by atoms with van der Waals surface area (Å²) in [5.74, 6) is 0.0293. The number of nitrogens with zero attached hydrogens (tertiary/aromatic N) is 2. The van der Waals surface area contributed by atoms with Gasteiger partial charge < -0.3 is 5.32 Å². The van der Waals surface area contributed by atoms with Crippen molar-refractivity contribution in [3.05, 3.63) is 28.5 Å². The fourth-order valence-electron chi connectivity index (χ4n) is 1.92. The second-order valence-electron chi connectivity index (χ2n) is 6.23. The minimum Gasteiger partial charge on any atom is -0.336 e. The number of nitrogens with one attached hydrogen (secondary N) is 1. The molecule has 1 fully saturated rings. The van der Waals surface area contributed by atoms with Gasteiger partial charge in [-0.3, -0.25) is 4.79 Å². The van der Waals surface area contributed by atoms with Crippen LogP contribution in [0.2, 0.25) is 5.15 Å². The average molecular weight is 292 g/mol. The Hall–Kier alpha value is -1.60. The van der Waals surface area contributed by atoms with Crippen molar-refractivity contribution in [2.24, 2.45) is 5.92 Å². The van der Waals surface area contributed by atoms with E-state index in [1.165, 1.54) is 6.07 Å². The summed E-state index contributed by atoms with van der Waals surface area (Å²) in [6.45, 7) is 6.03. The van der Waals surface area contributed by atoms with Gasteiger partial charge in [0.25, 0.3) is 5.91 Å². The molecule has 1 aromatic heterocycles. The molecular formula is C15H18ClN3O. The molecule has 1 atom stereocenters. The van der Waals surface area contributed by atoms with Gasteiger partial charge in [0.15, 0.2) is 0 Å². The molecule has 0 radical (unpaired) electrons. The van der Waals surface area contributed by atoms with E-state index in [0.29, 0.717) is 16.6 Å². The van der Waals surface area contributed by atoms with Crippen molar-refractivity contribution in [1.82, 2.24) is 10.3 Å². The van der Waals surface area contributed by atoms with Crippen LogP contribution in [0.25, 0.3) is 0 Å². The lowest BCUT2D eigenvalue weighted by Crippen LogP contribution is -2.35. The first-order valence-electron chi connectivity index (χ1n) is 6.70. The molecular weight excluding hydrogens is 274 g/mol. The van der Waals surface area contributed by atoms with Crippen molar-refractivity contribution in [3.8, 4) is 6.07 Å². The Balaban J connectivity index is 2.21. The fraction of sp³-hybridized carbons (Fsp3) is 0.533. The summed E-state index contributed by atoms with van der Waals surface area (Å²) in [6.07, 6.45) is 2.01. The molecule has 1 saturated carbocycles. The predicted octanol–water partition coefficient (Wildman–Crippen LogP) is 3.06. The molecule has 4 nitrogen and oxygen atoms in total. The Labute approximate surface area is 124 Å². The van der Waals surface area contributed by atoms with E-state index in [9.17, 15) is 4.79 Å². The Kier molecular flexibility index (Phi) is 4.01. The Morgan fingerprint density at radius 2 is 2.15 bits per heavy atom. The highest BCUT2D eigenvalue weighted by Gasteiger charge is 2.32. The van der Waals surface area contributed by atoms with E-state index in [1.54, 1.807) is 6.07 Å². The molecule has 1 aromatic rings. The number of pyridine rings is 1. The molecule has 1 amide bonds. The van der Waals surface area contributed by atoms with Crippen LogP contribution < -0.4 is 5.32 Å². The summed E-state index contributed by atoms with van der Waals surface area (Å²) in [5, 5.41) is 12.1. The maximum absolute atomic E-state index is 12.2. The van der Waals surface area contributed by atoms with Gasteiger partial charge in [-0.15, -0.1) is 0 Å². The van der Waals surface area contributed by atoms with Gasteiger partial charge in [-0.25, -0.2) is 4.98 Å². The lowest BCUT2D eigenvalue weighted by Gasteiger charge is -2.19. The minimum absolute atomic E-state index is 0.189. The topological polar surface area (TPSA) is 65.8 Å². The number of nitriles is 1. The van der Waals surface area contributed by atoms with Crippen molar-refractivity contribution in [2.75, 3.05) is 0 Å². The molecule has 0 aromatic carbocycles. The fourth-order valence-corrected chi connectivity index (χ4v) is 2.13. The molecule has 0 bridgehead atoms. The first kappa shape index (κ1) is 14.8. The summed E-state index contributed by atoms with van der Waals surface area (Å²) in [4.78, 5) is 16.5. The van der Waals surface area contributed by atoms with Gasteiger partial charge in [-0.2, -0.15) is 5.26 Å². The molecule has 0 spiro atoms. The van der Waals surface area contributed by atoms with Gasteiger partial charge in [0.05, 0.1) is 6.07 Å². The van der Waals surface area contributed by atoms with Crippen LogP contribution >= 0.6 is 11.6 Å². The van der Waals surface area contributed by atoms with E-state index < -0.39 is 6.04 Å². The summed E-state index contributed by atoms with van der Waals surface area (Å²) < 4.78 is 0. The first-order valence-corrected chi connectivity index (χ1v) is 7.07. The third-order valence-electron chi connectivity index (χ3n) is 3.34. The molecule has 1 unspecified atom stereocenters. The summed E-state index contributed by atoms with van der Waals surface area (Å²) in [7, 11) is 0. The minimum atomic E-state index is -0.410. The van der Waals surface area contributed by atoms with Gasteiger partial charge in [-0.05, 0) is 30.9 Å². The van der Waals surface area contributed by atoms with Gasteiger partial charge in [-0.1, -0.05) is 32.4 Å². The zero-order valence-corrected chi connectivity index (χ0v) is 12.7. The number of halogens is 1. The van der Waals surface area contributed by atoms with E-state index in [1.807, 2.05) is 20.8 Å². The Morgan fingerprint density at radius 3 is 2.65 bits per heavy atom. The normalized spacial score (nSPS) is 16.4. The van der Waals surface area contributed by atoms with Crippen LogP contribution in [0.15, 0.2) is 12.1 Å². The Morgan fingerprint density at radius 1 is 1.50 bits per heavy atom. The number of aromatic nitrogens is 1. The van der Waals surface area contributed by atoms with Crippen LogP contribution in [-0.2, 0) is 5.41 Å². The molecule has 1 aliphatic rings. The number of carbonyl (C=O) groups is 1. The predicted molar refractivity (Wildman–Crippen MR) is 77.5 cm³/mol. The number of amides is 1. The first-order chi connectivity index (χ1) is 9.31. The monoisotopic (exact) mass is 291 g/mol. The number of carbonyl (C=O) groups excluding carboxylic acids is 1. The molecule has 2 rings (SSSR count). The van der Waals surface area contributed by atoms with Gasteiger partial charge in [0.1, 0.15) is 11.2 Å². The zero-order chi connectivity index (χ0) is 14.9.